The van der Waals surface area contributed by atoms with Gasteiger partial charge < -0.3 is 4.42 Å². The van der Waals surface area contributed by atoms with Crippen molar-refractivity contribution in [3.8, 4) is 28.5 Å². The summed E-state index contributed by atoms with van der Waals surface area (Å²) in [5.74, 6) is 0.333. The van der Waals surface area contributed by atoms with E-state index >= 15 is 0 Å². The normalized spacial score (nSPS) is 10.3. The van der Waals surface area contributed by atoms with Crippen LogP contribution in [0.4, 0.5) is 5.88 Å². The van der Waals surface area contributed by atoms with E-state index in [0.29, 0.717) is 22.5 Å². The third-order valence-corrected chi connectivity index (χ3v) is 4.98. The highest BCUT2D eigenvalue weighted by Gasteiger charge is 2.24. The van der Waals surface area contributed by atoms with Gasteiger partial charge in [0.25, 0.3) is 5.91 Å². The standard InChI is InChI=1S/C24H15BrN2O2/c25-19-13-11-18(12-14-19)23(28)27-24-20(15-26)21(16-7-3-1-4-8-16)22(29-24)17-9-5-2-6-10-17/h1-14H,(H,27,28). The Morgan fingerprint density at radius 3 is 2.03 bits per heavy atom. The number of hydrogen-bond acceptors (Lipinski definition) is 3. The quantitative estimate of drug-likeness (QED) is 0.392. The van der Waals surface area contributed by atoms with Gasteiger partial charge in [0.05, 0.1) is 0 Å². The molecule has 0 radical (unpaired) electrons. The molecule has 4 aromatic rings. The number of rotatable bonds is 4. The van der Waals surface area contributed by atoms with E-state index in [1.165, 1.54) is 0 Å². The first kappa shape index (κ1) is 18.7. The molecule has 5 heteroatoms. The molecule has 140 valence electrons. The van der Waals surface area contributed by atoms with E-state index in [4.69, 9.17) is 4.42 Å². The second-order valence-electron chi connectivity index (χ2n) is 6.32. The smallest absolute Gasteiger partial charge is 0.258 e. The van der Waals surface area contributed by atoms with E-state index in [1.807, 2.05) is 60.7 Å². The highest BCUT2D eigenvalue weighted by Crippen LogP contribution is 2.41. The number of anilines is 1. The maximum Gasteiger partial charge on any atom is 0.258 e. The summed E-state index contributed by atoms with van der Waals surface area (Å²) in [5.41, 5.74) is 3.09. The molecule has 0 fully saturated rings. The topological polar surface area (TPSA) is 66.0 Å². The van der Waals surface area contributed by atoms with Crippen LogP contribution >= 0.6 is 15.9 Å². The predicted octanol–water partition coefficient (Wildman–Crippen LogP) is 6.50. The van der Waals surface area contributed by atoms with Crippen molar-refractivity contribution in [1.29, 1.82) is 5.26 Å². The summed E-state index contributed by atoms with van der Waals surface area (Å²) in [6.45, 7) is 0. The Balaban J connectivity index is 1.83. The van der Waals surface area contributed by atoms with Crippen molar-refractivity contribution >= 4 is 27.7 Å². The zero-order valence-corrected chi connectivity index (χ0v) is 16.8. The minimum absolute atomic E-state index is 0.137. The zero-order valence-electron chi connectivity index (χ0n) is 15.2. The first-order valence-electron chi connectivity index (χ1n) is 8.92. The van der Waals surface area contributed by atoms with E-state index in [2.05, 4.69) is 27.3 Å². The molecular weight excluding hydrogens is 428 g/mol. The average molecular weight is 443 g/mol. The molecule has 0 atom stereocenters. The summed E-state index contributed by atoms with van der Waals surface area (Å²) in [6, 6.07) is 28.2. The molecule has 3 aromatic carbocycles. The molecule has 1 aromatic heterocycles. The van der Waals surface area contributed by atoms with Crippen LogP contribution in [-0.4, -0.2) is 5.91 Å². The first-order valence-corrected chi connectivity index (χ1v) is 9.71. The number of carbonyl (C=O) groups is 1. The van der Waals surface area contributed by atoms with Crippen molar-refractivity contribution in [2.45, 2.75) is 0 Å². The van der Waals surface area contributed by atoms with Gasteiger partial charge in [-0.25, -0.2) is 0 Å². The summed E-state index contributed by atoms with van der Waals surface area (Å²) in [7, 11) is 0. The molecule has 29 heavy (non-hydrogen) atoms. The fourth-order valence-electron chi connectivity index (χ4n) is 3.08. The summed E-state index contributed by atoms with van der Waals surface area (Å²) in [4.78, 5) is 12.7. The van der Waals surface area contributed by atoms with Gasteiger partial charge in [0.15, 0.2) is 0 Å². The molecule has 4 nitrogen and oxygen atoms in total. The lowest BCUT2D eigenvalue weighted by atomic mass is 9.98. The summed E-state index contributed by atoms with van der Waals surface area (Å²) in [5, 5.41) is 12.6. The Morgan fingerprint density at radius 1 is 0.862 bits per heavy atom. The van der Waals surface area contributed by atoms with Crippen molar-refractivity contribution in [1.82, 2.24) is 0 Å². The van der Waals surface area contributed by atoms with Crippen molar-refractivity contribution in [2.75, 3.05) is 5.32 Å². The van der Waals surface area contributed by atoms with Gasteiger partial charge in [-0.05, 0) is 29.8 Å². The number of nitriles is 1. The highest BCUT2D eigenvalue weighted by atomic mass is 79.9. The lowest BCUT2D eigenvalue weighted by Gasteiger charge is -2.03. The zero-order chi connectivity index (χ0) is 20.2. The Labute approximate surface area is 176 Å². The summed E-state index contributed by atoms with van der Waals surface area (Å²) in [6.07, 6.45) is 0. The Hall–Kier alpha value is -3.62. The molecule has 1 N–H and O–H groups in total. The largest absolute Gasteiger partial charge is 0.438 e. The highest BCUT2D eigenvalue weighted by molar-refractivity contribution is 9.10. The maximum absolute atomic E-state index is 12.7. The minimum Gasteiger partial charge on any atom is -0.438 e. The van der Waals surface area contributed by atoms with Crippen LogP contribution in [0.25, 0.3) is 22.5 Å². The molecule has 4 rings (SSSR count). The Bertz CT molecular complexity index is 1190. The molecule has 0 bridgehead atoms. The molecule has 0 aliphatic heterocycles. The van der Waals surface area contributed by atoms with Gasteiger partial charge in [0, 0.05) is 21.2 Å². The third kappa shape index (κ3) is 3.84. The van der Waals surface area contributed by atoms with Crippen LogP contribution in [-0.2, 0) is 0 Å². The van der Waals surface area contributed by atoms with Crippen LogP contribution in [0.3, 0.4) is 0 Å². The number of halogens is 1. The fraction of sp³-hybridized carbons (Fsp3) is 0. The van der Waals surface area contributed by atoms with Gasteiger partial charge in [-0.3, -0.25) is 10.1 Å². The SMILES string of the molecule is N#Cc1c(NC(=O)c2ccc(Br)cc2)oc(-c2ccccc2)c1-c1ccccc1. The number of nitrogens with one attached hydrogen (secondary N) is 1. The van der Waals surface area contributed by atoms with Gasteiger partial charge in [-0.15, -0.1) is 0 Å². The monoisotopic (exact) mass is 442 g/mol. The molecular formula is C24H15BrN2O2. The number of nitrogens with zero attached hydrogens (tertiary/aromatic N) is 1. The van der Waals surface area contributed by atoms with Gasteiger partial charge in [-0.1, -0.05) is 76.6 Å². The average Bonchev–Trinajstić information content (AvgIpc) is 3.13. The Morgan fingerprint density at radius 2 is 1.45 bits per heavy atom. The summed E-state index contributed by atoms with van der Waals surface area (Å²) < 4.78 is 6.91. The van der Waals surface area contributed by atoms with Gasteiger partial charge in [0.2, 0.25) is 5.88 Å². The molecule has 1 amide bonds. The predicted molar refractivity (Wildman–Crippen MR) is 116 cm³/mol. The molecule has 0 saturated heterocycles. The van der Waals surface area contributed by atoms with Crippen molar-refractivity contribution in [3.63, 3.8) is 0 Å². The van der Waals surface area contributed by atoms with Crippen LogP contribution < -0.4 is 5.32 Å². The molecule has 0 spiro atoms. The second kappa shape index (κ2) is 8.17. The Kier molecular flexibility index (Phi) is 5.28. The minimum atomic E-state index is -0.345. The van der Waals surface area contributed by atoms with Gasteiger partial charge in [0.1, 0.15) is 17.4 Å². The van der Waals surface area contributed by atoms with Crippen molar-refractivity contribution < 1.29 is 9.21 Å². The second-order valence-corrected chi connectivity index (χ2v) is 7.23. The molecule has 0 saturated carbocycles. The van der Waals surface area contributed by atoms with Gasteiger partial charge in [-0.2, -0.15) is 5.26 Å². The molecule has 0 aliphatic rings. The first-order chi connectivity index (χ1) is 14.2. The van der Waals surface area contributed by atoms with E-state index < -0.39 is 0 Å². The van der Waals surface area contributed by atoms with Crippen LogP contribution in [0.15, 0.2) is 93.8 Å². The van der Waals surface area contributed by atoms with E-state index in [-0.39, 0.29) is 11.8 Å². The van der Waals surface area contributed by atoms with Crippen LogP contribution in [0.2, 0.25) is 0 Å². The molecule has 1 heterocycles. The number of carbonyl (C=O) groups excluding carboxylic acids is 1. The molecule has 0 unspecified atom stereocenters. The number of hydrogen-bond donors (Lipinski definition) is 1. The number of benzene rings is 3. The lowest BCUT2D eigenvalue weighted by Crippen LogP contribution is -2.12. The van der Waals surface area contributed by atoms with Crippen molar-refractivity contribution in [3.05, 3.63) is 101 Å². The van der Waals surface area contributed by atoms with Crippen LogP contribution in [0.5, 0.6) is 0 Å². The summed E-state index contributed by atoms with van der Waals surface area (Å²) >= 11 is 3.36. The van der Waals surface area contributed by atoms with Crippen LogP contribution in [0, 0.1) is 11.3 Å². The molecule has 0 aliphatic carbocycles. The number of amides is 1. The lowest BCUT2D eigenvalue weighted by molar-refractivity contribution is 0.102. The maximum atomic E-state index is 12.7. The van der Waals surface area contributed by atoms with Gasteiger partial charge >= 0.3 is 0 Å². The van der Waals surface area contributed by atoms with Crippen LogP contribution in [0.1, 0.15) is 15.9 Å². The van der Waals surface area contributed by atoms with Crippen molar-refractivity contribution in [2.24, 2.45) is 0 Å². The fourth-order valence-corrected chi connectivity index (χ4v) is 3.34. The third-order valence-electron chi connectivity index (χ3n) is 4.45. The van der Waals surface area contributed by atoms with E-state index in [1.54, 1.807) is 24.3 Å². The number of furan rings is 1. The van der Waals surface area contributed by atoms with E-state index in [0.717, 1.165) is 15.6 Å². The van der Waals surface area contributed by atoms with E-state index in [9.17, 15) is 10.1 Å².